The van der Waals surface area contributed by atoms with E-state index in [0.29, 0.717) is 24.3 Å². The van der Waals surface area contributed by atoms with Crippen LogP contribution in [0, 0.1) is 6.92 Å². The number of hydrogen-bond acceptors (Lipinski definition) is 5. The van der Waals surface area contributed by atoms with Gasteiger partial charge < -0.3 is 11.1 Å². The van der Waals surface area contributed by atoms with Crippen molar-refractivity contribution < 1.29 is 9.59 Å². The molecule has 0 bridgehead atoms. The van der Waals surface area contributed by atoms with Crippen molar-refractivity contribution in [2.45, 2.75) is 25.8 Å². The van der Waals surface area contributed by atoms with Crippen LogP contribution in [0.5, 0.6) is 0 Å². The maximum atomic E-state index is 11.5. The zero-order valence-corrected chi connectivity index (χ0v) is 9.49. The lowest BCUT2D eigenvalue weighted by Crippen LogP contribution is -2.47. The first-order chi connectivity index (χ1) is 8.06. The van der Waals surface area contributed by atoms with Crippen LogP contribution in [0.25, 0.3) is 0 Å². The fourth-order valence-electron chi connectivity index (χ4n) is 1.68. The summed E-state index contributed by atoms with van der Waals surface area (Å²) in [5.41, 5.74) is 7.06. The summed E-state index contributed by atoms with van der Waals surface area (Å²) in [6.45, 7) is 1.84. The SMILES string of the molecule is Cc1ccc(N)c(NC2CCC(=O)NC2=O)n1. The van der Waals surface area contributed by atoms with Gasteiger partial charge in [-0.3, -0.25) is 14.9 Å². The molecule has 1 aliphatic rings. The Balaban J connectivity index is 2.13. The Bertz CT molecular complexity index is 473. The second-order valence-corrected chi connectivity index (χ2v) is 4.04. The summed E-state index contributed by atoms with van der Waals surface area (Å²) in [7, 11) is 0. The fourth-order valence-corrected chi connectivity index (χ4v) is 1.68. The minimum absolute atomic E-state index is 0.238. The van der Waals surface area contributed by atoms with E-state index in [1.807, 2.05) is 6.92 Å². The third-order valence-electron chi connectivity index (χ3n) is 2.62. The highest BCUT2D eigenvalue weighted by atomic mass is 16.2. The number of imide groups is 1. The van der Waals surface area contributed by atoms with Crippen LogP contribution in [-0.2, 0) is 9.59 Å². The molecule has 0 radical (unpaired) electrons. The van der Waals surface area contributed by atoms with Gasteiger partial charge in [-0.1, -0.05) is 0 Å². The maximum Gasteiger partial charge on any atom is 0.249 e. The molecular formula is C11H14N4O2. The molecular weight excluding hydrogens is 220 g/mol. The van der Waals surface area contributed by atoms with E-state index < -0.39 is 6.04 Å². The van der Waals surface area contributed by atoms with E-state index >= 15 is 0 Å². The van der Waals surface area contributed by atoms with Crippen molar-refractivity contribution in [3.05, 3.63) is 17.8 Å². The fraction of sp³-hybridized carbons (Fsp3) is 0.364. The second kappa shape index (κ2) is 4.40. The number of amides is 2. The molecule has 1 aromatic heterocycles. The number of nitrogens with zero attached hydrogens (tertiary/aromatic N) is 1. The Labute approximate surface area is 98.6 Å². The lowest BCUT2D eigenvalue weighted by atomic mass is 10.1. The summed E-state index contributed by atoms with van der Waals surface area (Å²) < 4.78 is 0. The van der Waals surface area contributed by atoms with E-state index in [1.165, 1.54) is 0 Å². The third-order valence-corrected chi connectivity index (χ3v) is 2.62. The molecule has 1 aliphatic heterocycles. The molecule has 1 saturated heterocycles. The monoisotopic (exact) mass is 234 g/mol. The number of carbonyl (C=O) groups excluding carboxylic acids is 2. The summed E-state index contributed by atoms with van der Waals surface area (Å²) >= 11 is 0. The largest absolute Gasteiger partial charge is 0.396 e. The van der Waals surface area contributed by atoms with Gasteiger partial charge in [0.2, 0.25) is 11.8 Å². The smallest absolute Gasteiger partial charge is 0.249 e. The predicted octanol–water partition coefficient (Wildman–Crippen LogP) is 0.189. The van der Waals surface area contributed by atoms with Crippen molar-refractivity contribution >= 4 is 23.3 Å². The zero-order valence-electron chi connectivity index (χ0n) is 9.49. The van der Waals surface area contributed by atoms with E-state index in [4.69, 9.17) is 5.73 Å². The molecule has 17 heavy (non-hydrogen) atoms. The summed E-state index contributed by atoms with van der Waals surface area (Å²) in [6.07, 6.45) is 0.787. The summed E-state index contributed by atoms with van der Waals surface area (Å²) in [6, 6.07) is 3.07. The van der Waals surface area contributed by atoms with Gasteiger partial charge in [-0.05, 0) is 25.5 Å². The van der Waals surface area contributed by atoms with Crippen molar-refractivity contribution in [1.82, 2.24) is 10.3 Å². The first kappa shape index (κ1) is 11.4. The number of carbonyl (C=O) groups is 2. The van der Waals surface area contributed by atoms with Crippen molar-refractivity contribution in [3.63, 3.8) is 0 Å². The van der Waals surface area contributed by atoms with E-state index in [-0.39, 0.29) is 11.8 Å². The molecule has 0 aliphatic carbocycles. The number of nitrogens with two attached hydrogens (primary N) is 1. The molecule has 90 valence electrons. The Hall–Kier alpha value is -2.11. The minimum Gasteiger partial charge on any atom is -0.396 e. The van der Waals surface area contributed by atoms with E-state index in [1.54, 1.807) is 12.1 Å². The first-order valence-electron chi connectivity index (χ1n) is 5.39. The number of aryl methyl sites for hydroxylation is 1. The summed E-state index contributed by atoms with van der Waals surface area (Å²) in [5, 5.41) is 5.23. The van der Waals surface area contributed by atoms with Crippen LogP contribution in [0.15, 0.2) is 12.1 Å². The van der Waals surface area contributed by atoms with E-state index in [9.17, 15) is 9.59 Å². The Kier molecular flexibility index (Phi) is 2.95. The maximum absolute atomic E-state index is 11.5. The second-order valence-electron chi connectivity index (χ2n) is 4.04. The highest BCUT2D eigenvalue weighted by molar-refractivity contribution is 6.01. The molecule has 0 saturated carbocycles. The van der Waals surface area contributed by atoms with Gasteiger partial charge in [0.15, 0.2) is 0 Å². The highest BCUT2D eigenvalue weighted by Gasteiger charge is 2.26. The molecule has 6 nitrogen and oxygen atoms in total. The normalized spacial score (nSPS) is 19.9. The van der Waals surface area contributed by atoms with Crippen LogP contribution in [0.4, 0.5) is 11.5 Å². The molecule has 1 atom stereocenters. The van der Waals surface area contributed by atoms with Crippen molar-refractivity contribution in [2.75, 3.05) is 11.1 Å². The van der Waals surface area contributed by atoms with Crippen LogP contribution in [-0.4, -0.2) is 22.8 Å². The number of anilines is 2. The average molecular weight is 234 g/mol. The molecule has 4 N–H and O–H groups in total. The van der Waals surface area contributed by atoms with Crippen LogP contribution in [0.1, 0.15) is 18.5 Å². The number of pyridine rings is 1. The van der Waals surface area contributed by atoms with Gasteiger partial charge in [0.25, 0.3) is 0 Å². The quantitative estimate of drug-likeness (QED) is 0.635. The lowest BCUT2D eigenvalue weighted by molar-refractivity contribution is -0.133. The lowest BCUT2D eigenvalue weighted by Gasteiger charge is -2.22. The van der Waals surface area contributed by atoms with Crippen molar-refractivity contribution in [1.29, 1.82) is 0 Å². The van der Waals surface area contributed by atoms with Gasteiger partial charge in [-0.2, -0.15) is 0 Å². The van der Waals surface area contributed by atoms with Gasteiger partial charge in [-0.25, -0.2) is 4.98 Å². The molecule has 2 heterocycles. The number of nitrogen functional groups attached to an aromatic ring is 1. The van der Waals surface area contributed by atoms with E-state index in [2.05, 4.69) is 15.6 Å². The highest BCUT2D eigenvalue weighted by Crippen LogP contribution is 2.18. The van der Waals surface area contributed by atoms with Crippen molar-refractivity contribution in [3.8, 4) is 0 Å². The Morgan fingerprint density at radius 2 is 2.24 bits per heavy atom. The predicted molar refractivity (Wildman–Crippen MR) is 63.2 cm³/mol. The molecule has 2 amide bonds. The molecule has 6 heteroatoms. The molecule has 0 spiro atoms. The molecule has 0 aromatic carbocycles. The van der Waals surface area contributed by atoms with Gasteiger partial charge in [0.05, 0.1) is 5.69 Å². The first-order valence-corrected chi connectivity index (χ1v) is 5.39. The Morgan fingerprint density at radius 1 is 1.47 bits per heavy atom. The van der Waals surface area contributed by atoms with Crippen LogP contribution < -0.4 is 16.4 Å². The van der Waals surface area contributed by atoms with Crippen LogP contribution in [0.3, 0.4) is 0 Å². The van der Waals surface area contributed by atoms with Gasteiger partial charge in [0, 0.05) is 12.1 Å². The van der Waals surface area contributed by atoms with Gasteiger partial charge in [0.1, 0.15) is 11.9 Å². The average Bonchev–Trinajstić information content (AvgIpc) is 2.27. The van der Waals surface area contributed by atoms with Crippen LogP contribution in [0.2, 0.25) is 0 Å². The third kappa shape index (κ3) is 2.52. The van der Waals surface area contributed by atoms with Gasteiger partial charge >= 0.3 is 0 Å². The van der Waals surface area contributed by atoms with Crippen LogP contribution >= 0.6 is 0 Å². The number of aromatic nitrogens is 1. The molecule has 2 rings (SSSR count). The van der Waals surface area contributed by atoms with E-state index in [0.717, 1.165) is 5.69 Å². The summed E-state index contributed by atoms with van der Waals surface area (Å²) in [4.78, 5) is 26.8. The number of nitrogens with one attached hydrogen (secondary N) is 2. The topological polar surface area (TPSA) is 97.1 Å². The minimum atomic E-state index is -0.454. The molecule has 1 fully saturated rings. The number of hydrogen-bond donors (Lipinski definition) is 3. The zero-order chi connectivity index (χ0) is 12.4. The number of piperidine rings is 1. The van der Waals surface area contributed by atoms with Gasteiger partial charge in [-0.15, -0.1) is 0 Å². The van der Waals surface area contributed by atoms with Crippen molar-refractivity contribution in [2.24, 2.45) is 0 Å². The number of rotatable bonds is 2. The Morgan fingerprint density at radius 3 is 2.94 bits per heavy atom. The molecule has 1 unspecified atom stereocenters. The standard InChI is InChI=1S/C11H14N4O2/c1-6-2-3-7(12)10(13-6)14-8-4-5-9(16)15-11(8)17/h2-3,8H,4-5,12H2,1H3,(H,13,14)(H,15,16,17). The molecule has 1 aromatic rings. The summed E-state index contributed by atoms with van der Waals surface area (Å²) in [5.74, 6) is -0.0818.